The van der Waals surface area contributed by atoms with Gasteiger partial charge in [-0.1, -0.05) is 12.1 Å². The highest BCUT2D eigenvalue weighted by molar-refractivity contribution is 7.88. The minimum atomic E-state index is -3.45. The van der Waals surface area contributed by atoms with Gasteiger partial charge in [0, 0.05) is 6.20 Å². The Labute approximate surface area is 128 Å². The van der Waals surface area contributed by atoms with E-state index in [1.54, 1.807) is 30.6 Å². The largest absolute Gasteiger partial charge is 0.486 e. The predicted octanol–water partition coefficient (Wildman–Crippen LogP) is 1.81. The molecule has 0 atom stereocenters. The molecule has 0 aliphatic carbocycles. The molecule has 2 aromatic rings. The molecular formula is C15H15FN2O3S. The predicted molar refractivity (Wildman–Crippen MR) is 79.2 cm³/mol. The summed E-state index contributed by atoms with van der Waals surface area (Å²) in [5, 5.41) is 0. The van der Waals surface area contributed by atoms with E-state index in [0.29, 0.717) is 24.4 Å². The molecule has 2 heterocycles. The zero-order valence-electron chi connectivity index (χ0n) is 11.7. The number of nitrogens with zero attached hydrogens (tertiary/aromatic N) is 2. The van der Waals surface area contributed by atoms with Crippen molar-refractivity contribution in [1.29, 1.82) is 0 Å². The van der Waals surface area contributed by atoms with Gasteiger partial charge in [-0.3, -0.25) is 4.98 Å². The lowest BCUT2D eigenvalue weighted by Crippen LogP contribution is -2.56. The zero-order valence-corrected chi connectivity index (χ0v) is 12.5. The fraction of sp³-hybridized carbons (Fsp3) is 0.267. The third-order valence-electron chi connectivity index (χ3n) is 3.38. The summed E-state index contributed by atoms with van der Waals surface area (Å²) in [5.41, 5.74) is 0.441. The second kappa shape index (κ2) is 6.02. The maximum atomic E-state index is 13.1. The third-order valence-corrected chi connectivity index (χ3v) is 5.17. The van der Waals surface area contributed by atoms with Crippen LogP contribution in [0.4, 0.5) is 4.39 Å². The molecule has 116 valence electrons. The lowest BCUT2D eigenvalue weighted by molar-refractivity contribution is 0.0757. The lowest BCUT2D eigenvalue weighted by Gasteiger charge is -2.37. The first kappa shape index (κ1) is 14.9. The number of rotatable bonds is 5. The molecule has 1 aliphatic heterocycles. The number of halogens is 1. The van der Waals surface area contributed by atoms with Gasteiger partial charge < -0.3 is 4.74 Å². The fourth-order valence-corrected chi connectivity index (χ4v) is 3.81. The Balaban J connectivity index is 1.57. The van der Waals surface area contributed by atoms with Crippen LogP contribution in [0.5, 0.6) is 5.75 Å². The summed E-state index contributed by atoms with van der Waals surface area (Å²) in [4.78, 5) is 3.94. The molecule has 0 saturated carbocycles. The van der Waals surface area contributed by atoms with Gasteiger partial charge in [-0.15, -0.1) is 0 Å². The van der Waals surface area contributed by atoms with E-state index in [1.165, 1.54) is 22.5 Å². The van der Waals surface area contributed by atoms with E-state index in [2.05, 4.69) is 4.98 Å². The van der Waals surface area contributed by atoms with E-state index in [4.69, 9.17) is 4.74 Å². The molecule has 0 amide bonds. The number of sulfonamides is 1. The van der Waals surface area contributed by atoms with E-state index in [1.807, 2.05) is 0 Å². The van der Waals surface area contributed by atoms with Gasteiger partial charge in [0.2, 0.25) is 10.0 Å². The topological polar surface area (TPSA) is 59.5 Å². The molecule has 1 aromatic carbocycles. The van der Waals surface area contributed by atoms with Gasteiger partial charge >= 0.3 is 0 Å². The average Bonchev–Trinajstić information content (AvgIpc) is 2.43. The zero-order chi connectivity index (χ0) is 15.6. The molecule has 0 bridgehead atoms. The number of ether oxygens (including phenoxy) is 1. The molecule has 7 heteroatoms. The molecule has 1 fully saturated rings. The standard InChI is InChI=1S/C15H15FN2O3S/c16-13-4-1-3-12(7-13)11-22(19,20)18-9-15(10-18)21-14-5-2-6-17-8-14/h1-8,15H,9-11H2. The van der Waals surface area contributed by atoms with Crippen LogP contribution in [0.1, 0.15) is 5.56 Å². The van der Waals surface area contributed by atoms with Crippen LogP contribution in [-0.2, 0) is 15.8 Å². The highest BCUT2D eigenvalue weighted by atomic mass is 32.2. The Morgan fingerprint density at radius 2 is 2.09 bits per heavy atom. The van der Waals surface area contributed by atoms with Gasteiger partial charge in [0.15, 0.2) is 0 Å². The van der Waals surface area contributed by atoms with E-state index in [9.17, 15) is 12.8 Å². The van der Waals surface area contributed by atoms with Gasteiger partial charge in [0.05, 0.1) is 25.0 Å². The second-order valence-corrected chi connectivity index (χ2v) is 7.10. The molecule has 3 rings (SSSR count). The van der Waals surface area contributed by atoms with Crippen molar-refractivity contribution < 1.29 is 17.5 Å². The Kier molecular flexibility index (Phi) is 4.08. The van der Waals surface area contributed by atoms with Crippen molar-refractivity contribution in [2.45, 2.75) is 11.9 Å². The molecular weight excluding hydrogens is 307 g/mol. The van der Waals surface area contributed by atoms with E-state index < -0.39 is 15.8 Å². The van der Waals surface area contributed by atoms with Gasteiger partial charge in [-0.2, -0.15) is 4.31 Å². The van der Waals surface area contributed by atoms with Crippen LogP contribution in [0.25, 0.3) is 0 Å². The summed E-state index contributed by atoms with van der Waals surface area (Å²) >= 11 is 0. The summed E-state index contributed by atoms with van der Waals surface area (Å²) in [6, 6.07) is 9.16. The smallest absolute Gasteiger partial charge is 0.218 e. The molecule has 0 unspecified atom stereocenters. The SMILES string of the molecule is O=S(=O)(Cc1cccc(F)c1)N1CC(Oc2cccnc2)C1. The molecule has 22 heavy (non-hydrogen) atoms. The first-order valence-corrected chi connectivity index (χ1v) is 8.43. The molecule has 0 radical (unpaired) electrons. The minimum absolute atomic E-state index is 0.175. The molecule has 1 aromatic heterocycles. The van der Waals surface area contributed by atoms with Crippen molar-refractivity contribution in [3.63, 3.8) is 0 Å². The fourth-order valence-electron chi connectivity index (χ4n) is 2.24. The summed E-state index contributed by atoms with van der Waals surface area (Å²) in [6.45, 7) is 0.596. The van der Waals surface area contributed by atoms with Crippen LogP contribution >= 0.6 is 0 Å². The normalized spacial score (nSPS) is 16.2. The van der Waals surface area contributed by atoms with Crippen molar-refractivity contribution in [3.8, 4) is 5.75 Å². The van der Waals surface area contributed by atoms with Gasteiger partial charge in [-0.25, -0.2) is 12.8 Å². The summed E-state index contributed by atoms with van der Waals surface area (Å²) in [5.74, 6) is -0.0199. The van der Waals surface area contributed by atoms with Crippen molar-refractivity contribution in [1.82, 2.24) is 9.29 Å². The second-order valence-electron chi connectivity index (χ2n) is 5.13. The van der Waals surface area contributed by atoms with Crippen molar-refractivity contribution in [2.24, 2.45) is 0 Å². The Hall–Kier alpha value is -1.99. The van der Waals surface area contributed by atoms with Crippen LogP contribution in [0, 0.1) is 5.82 Å². The van der Waals surface area contributed by atoms with E-state index >= 15 is 0 Å². The Morgan fingerprint density at radius 3 is 2.77 bits per heavy atom. The van der Waals surface area contributed by atoms with Crippen LogP contribution < -0.4 is 4.74 Å². The van der Waals surface area contributed by atoms with Gasteiger partial charge in [0.25, 0.3) is 0 Å². The van der Waals surface area contributed by atoms with E-state index in [-0.39, 0.29) is 11.9 Å². The Bertz CT molecular complexity index is 746. The third kappa shape index (κ3) is 3.42. The van der Waals surface area contributed by atoms with Crippen LogP contribution in [-0.4, -0.2) is 36.9 Å². The number of pyridine rings is 1. The molecule has 1 aliphatic rings. The van der Waals surface area contributed by atoms with Gasteiger partial charge in [0.1, 0.15) is 17.7 Å². The maximum Gasteiger partial charge on any atom is 0.218 e. The molecule has 0 N–H and O–H groups in total. The summed E-state index contributed by atoms with van der Waals surface area (Å²) in [7, 11) is -3.45. The van der Waals surface area contributed by atoms with E-state index in [0.717, 1.165) is 0 Å². The highest BCUT2D eigenvalue weighted by Crippen LogP contribution is 2.22. The minimum Gasteiger partial charge on any atom is -0.486 e. The maximum absolute atomic E-state index is 13.1. The monoisotopic (exact) mass is 322 g/mol. The first-order chi connectivity index (χ1) is 10.5. The van der Waals surface area contributed by atoms with Crippen LogP contribution in [0.15, 0.2) is 48.8 Å². The highest BCUT2D eigenvalue weighted by Gasteiger charge is 2.37. The van der Waals surface area contributed by atoms with Crippen LogP contribution in [0.2, 0.25) is 0 Å². The van der Waals surface area contributed by atoms with Crippen molar-refractivity contribution in [2.75, 3.05) is 13.1 Å². The lowest BCUT2D eigenvalue weighted by atomic mass is 10.2. The average molecular weight is 322 g/mol. The van der Waals surface area contributed by atoms with Crippen molar-refractivity contribution in [3.05, 3.63) is 60.2 Å². The van der Waals surface area contributed by atoms with Crippen molar-refractivity contribution >= 4 is 10.0 Å². The number of hydrogen-bond donors (Lipinski definition) is 0. The molecule has 1 saturated heterocycles. The summed E-state index contributed by atoms with van der Waals surface area (Å²) < 4.78 is 44.5. The number of hydrogen-bond acceptors (Lipinski definition) is 4. The molecule has 0 spiro atoms. The van der Waals surface area contributed by atoms with Crippen LogP contribution in [0.3, 0.4) is 0 Å². The first-order valence-electron chi connectivity index (χ1n) is 6.82. The number of benzene rings is 1. The summed E-state index contributed by atoms with van der Waals surface area (Å²) in [6.07, 6.45) is 3.05. The molecule has 5 nitrogen and oxygen atoms in total. The quantitative estimate of drug-likeness (QED) is 0.842. The number of aromatic nitrogens is 1. The Morgan fingerprint density at radius 1 is 1.27 bits per heavy atom. The van der Waals surface area contributed by atoms with Gasteiger partial charge in [-0.05, 0) is 29.8 Å².